The number of fused-ring (bicyclic) bond motifs is 1. The molecule has 116 valence electrons. The predicted octanol–water partition coefficient (Wildman–Crippen LogP) is 3.61. The minimum Gasteiger partial charge on any atom is -0.408 e. The molecule has 2 rings (SSSR count). The Morgan fingerprint density at radius 1 is 1.24 bits per heavy atom. The minimum absolute atomic E-state index is 0.304. The predicted molar refractivity (Wildman–Crippen MR) is 86.6 cm³/mol. The van der Waals surface area contributed by atoms with Crippen LogP contribution in [0.2, 0.25) is 0 Å². The molecule has 1 heterocycles. The van der Waals surface area contributed by atoms with Crippen LogP contribution in [0.3, 0.4) is 0 Å². The Labute approximate surface area is 126 Å². The Balaban J connectivity index is 2.39. The van der Waals surface area contributed by atoms with E-state index in [0.717, 1.165) is 5.52 Å². The van der Waals surface area contributed by atoms with Crippen molar-refractivity contribution < 1.29 is 4.42 Å². The van der Waals surface area contributed by atoms with E-state index >= 15 is 0 Å². The van der Waals surface area contributed by atoms with Gasteiger partial charge in [-0.15, -0.1) is 0 Å². The third kappa shape index (κ3) is 3.21. The first kappa shape index (κ1) is 15.8. The smallest absolute Gasteiger partial charge is 0.408 e. The van der Waals surface area contributed by atoms with Gasteiger partial charge in [0.2, 0.25) is 0 Å². The molecule has 0 aliphatic rings. The fourth-order valence-electron chi connectivity index (χ4n) is 3.24. The molecule has 0 saturated heterocycles. The van der Waals surface area contributed by atoms with Gasteiger partial charge in [-0.05, 0) is 43.5 Å². The standard InChI is InChI=1S/C17H26N2O2/c1-5-7-12(8-6-2)16(18-3)13-9-10-14-15(11-13)21-17(20)19(14)4/h9-12,16,18H,5-8H2,1-4H3. The number of benzene rings is 1. The van der Waals surface area contributed by atoms with Crippen molar-refractivity contribution in [1.29, 1.82) is 0 Å². The number of aryl methyl sites for hydroxylation is 1. The lowest BCUT2D eigenvalue weighted by Gasteiger charge is -2.27. The van der Waals surface area contributed by atoms with Gasteiger partial charge in [0.1, 0.15) is 0 Å². The number of hydrogen-bond acceptors (Lipinski definition) is 3. The second kappa shape index (κ2) is 6.94. The third-order valence-electron chi connectivity index (χ3n) is 4.28. The Bertz CT molecular complexity index is 636. The lowest BCUT2D eigenvalue weighted by Crippen LogP contribution is -2.25. The van der Waals surface area contributed by atoms with Gasteiger partial charge >= 0.3 is 5.76 Å². The molecule has 2 aromatic rings. The highest BCUT2D eigenvalue weighted by molar-refractivity contribution is 5.73. The second-order valence-electron chi connectivity index (χ2n) is 5.76. The highest BCUT2D eigenvalue weighted by Crippen LogP contribution is 2.31. The van der Waals surface area contributed by atoms with Crippen molar-refractivity contribution in [3.05, 3.63) is 34.3 Å². The molecule has 1 aromatic heterocycles. The topological polar surface area (TPSA) is 47.2 Å². The Hall–Kier alpha value is -1.55. The normalized spacial score (nSPS) is 13.2. The van der Waals surface area contributed by atoms with Crippen molar-refractivity contribution in [2.75, 3.05) is 7.05 Å². The number of nitrogens with zero attached hydrogens (tertiary/aromatic N) is 1. The van der Waals surface area contributed by atoms with E-state index in [-0.39, 0.29) is 5.76 Å². The molecular formula is C17H26N2O2. The summed E-state index contributed by atoms with van der Waals surface area (Å²) in [5.74, 6) is 0.305. The van der Waals surface area contributed by atoms with Gasteiger partial charge in [-0.25, -0.2) is 4.79 Å². The van der Waals surface area contributed by atoms with Crippen LogP contribution in [0.25, 0.3) is 11.1 Å². The van der Waals surface area contributed by atoms with Gasteiger partial charge in [0, 0.05) is 13.1 Å². The average Bonchev–Trinajstić information content (AvgIpc) is 2.75. The van der Waals surface area contributed by atoms with Gasteiger partial charge < -0.3 is 9.73 Å². The average molecular weight is 290 g/mol. The summed E-state index contributed by atoms with van der Waals surface area (Å²) in [7, 11) is 3.74. The molecule has 4 nitrogen and oxygen atoms in total. The third-order valence-corrected chi connectivity index (χ3v) is 4.28. The van der Waals surface area contributed by atoms with Gasteiger partial charge in [-0.2, -0.15) is 0 Å². The molecule has 1 N–H and O–H groups in total. The number of rotatable bonds is 7. The summed E-state index contributed by atoms with van der Waals surface area (Å²) >= 11 is 0. The molecule has 1 unspecified atom stereocenters. The maximum atomic E-state index is 11.6. The van der Waals surface area contributed by atoms with Crippen LogP contribution in [0.1, 0.15) is 51.1 Å². The molecule has 4 heteroatoms. The first-order chi connectivity index (χ1) is 10.1. The number of nitrogens with one attached hydrogen (secondary N) is 1. The molecule has 0 aliphatic carbocycles. The maximum absolute atomic E-state index is 11.6. The zero-order valence-electron chi connectivity index (χ0n) is 13.5. The molecule has 0 bridgehead atoms. The van der Waals surface area contributed by atoms with Crippen LogP contribution in [0, 0.1) is 5.92 Å². The second-order valence-corrected chi connectivity index (χ2v) is 5.76. The molecule has 1 atom stereocenters. The van der Waals surface area contributed by atoms with Gasteiger partial charge in [0.05, 0.1) is 5.52 Å². The van der Waals surface area contributed by atoms with E-state index in [1.54, 1.807) is 11.6 Å². The van der Waals surface area contributed by atoms with Gasteiger partial charge in [0.25, 0.3) is 0 Å². The van der Waals surface area contributed by atoms with Crippen molar-refractivity contribution in [2.45, 2.75) is 45.6 Å². The highest BCUT2D eigenvalue weighted by Gasteiger charge is 2.21. The Kier molecular flexibility index (Phi) is 5.23. The lowest BCUT2D eigenvalue weighted by atomic mass is 9.86. The van der Waals surface area contributed by atoms with Crippen LogP contribution in [-0.4, -0.2) is 11.6 Å². The van der Waals surface area contributed by atoms with Crippen molar-refractivity contribution >= 4 is 11.1 Å². The fourth-order valence-corrected chi connectivity index (χ4v) is 3.24. The lowest BCUT2D eigenvalue weighted by molar-refractivity contribution is 0.331. The summed E-state index contributed by atoms with van der Waals surface area (Å²) in [6.45, 7) is 4.46. The van der Waals surface area contributed by atoms with Crippen LogP contribution in [-0.2, 0) is 7.05 Å². The Morgan fingerprint density at radius 2 is 1.90 bits per heavy atom. The number of oxazole rings is 1. The monoisotopic (exact) mass is 290 g/mol. The molecule has 0 spiro atoms. The van der Waals surface area contributed by atoms with Gasteiger partial charge in [-0.1, -0.05) is 32.8 Å². The van der Waals surface area contributed by atoms with E-state index in [1.165, 1.54) is 31.2 Å². The summed E-state index contributed by atoms with van der Waals surface area (Å²) in [5, 5.41) is 3.45. The minimum atomic E-state index is -0.304. The first-order valence-corrected chi connectivity index (χ1v) is 7.89. The fraction of sp³-hybridized carbons (Fsp3) is 0.588. The largest absolute Gasteiger partial charge is 0.419 e. The number of hydrogen-bond donors (Lipinski definition) is 1. The van der Waals surface area contributed by atoms with Crippen LogP contribution in [0.5, 0.6) is 0 Å². The van der Waals surface area contributed by atoms with Crippen molar-refractivity contribution in [3.63, 3.8) is 0 Å². The molecular weight excluding hydrogens is 264 g/mol. The molecule has 21 heavy (non-hydrogen) atoms. The summed E-state index contributed by atoms with van der Waals surface area (Å²) in [4.78, 5) is 11.6. The van der Waals surface area contributed by atoms with E-state index < -0.39 is 0 Å². The van der Waals surface area contributed by atoms with Crippen LogP contribution >= 0.6 is 0 Å². The molecule has 0 aliphatic heterocycles. The Morgan fingerprint density at radius 3 is 2.48 bits per heavy atom. The highest BCUT2D eigenvalue weighted by atomic mass is 16.4. The van der Waals surface area contributed by atoms with Crippen LogP contribution in [0.4, 0.5) is 0 Å². The molecule has 0 fully saturated rings. The molecule has 0 amide bonds. The van der Waals surface area contributed by atoms with E-state index in [0.29, 0.717) is 17.5 Å². The van der Waals surface area contributed by atoms with Gasteiger partial charge in [-0.3, -0.25) is 4.57 Å². The van der Waals surface area contributed by atoms with Crippen LogP contribution in [0.15, 0.2) is 27.4 Å². The quantitative estimate of drug-likeness (QED) is 0.847. The first-order valence-electron chi connectivity index (χ1n) is 7.89. The summed E-state index contributed by atoms with van der Waals surface area (Å²) in [6.07, 6.45) is 4.78. The van der Waals surface area contributed by atoms with E-state index in [4.69, 9.17) is 4.42 Å². The summed E-state index contributed by atoms with van der Waals surface area (Å²) in [6, 6.07) is 6.40. The van der Waals surface area contributed by atoms with Crippen molar-refractivity contribution in [1.82, 2.24) is 9.88 Å². The maximum Gasteiger partial charge on any atom is 0.419 e. The van der Waals surface area contributed by atoms with Crippen molar-refractivity contribution in [2.24, 2.45) is 13.0 Å². The summed E-state index contributed by atoms with van der Waals surface area (Å²) in [5.41, 5.74) is 2.72. The van der Waals surface area contributed by atoms with E-state index in [2.05, 4.69) is 25.2 Å². The number of aromatic nitrogens is 1. The molecule has 0 radical (unpaired) electrons. The van der Waals surface area contributed by atoms with Crippen LogP contribution < -0.4 is 11.1 Å². The van der Waals surface area contributed by atoms with E-state index in [9.17, 15) is 4.79 Å². The van der Waals surface area contributed by atoms with Crippen molar-refractivity contribution in [3.8, 4) is 0 Å². The van der Waals surface area contributed by atoms with Gasteiger partial charge in [0.15, 0.2) is 5.58 Å². The zero-order chi connectivity index (χ0) is 15.4. The molecule has 1 aromatic carbocycles. The SMILES string of the molecule is CCCC(CCC)C(NC)c1ccc2c(c1)oc(=O)n2C. The van der Waals surface area contributed by atoms with E-state index in [1.807, 2.05) is 19.2 Å². The summed E-state index contributed by atoms with van der Waals surface area (Å²) < 4.78 is 6.86. The molecule has 0 saturated carbocycles. The zero-order valence-corrected chi connectivity index (χ0v) is 13.5.